The number of halogens is 1. The summed E-state index contributed by atoms with van der Waals surface area (Å²) in [5.41, 5.74) is 1.59. The molecular weight excluding hydrogens is 387 g/mol. The number of ether oxygens (including phenoxy) is 1. The van der Waals surface area contributed by atoms with E-state index in [2.05, 4.69) is 0 Å². The number of fused-ring (bicyclic) bond motifs is 1. The lowest BCUT2D eigenvalue weighted by Crippen LogP contribution is -2.32. The first-order valence-corrected chi connectivity index (χ1v) is 11.5. The minimum absolute atomic E-state index is 0.0597. The van der Waals surface area contributed by atoms with E-state index in [1.165, 1.54) is 9.80 Å². The Hall–Kier alpha value is -2.30. The zero-order valence-corrected chi connectivity index (χ0v) is 17.0. The minimum Gasteiger partial charge on any atom is -0.497 e. The van der Waals surface area contributed by atoms with E-state index in [0.717, 1.165) is 0 Å². The van der Waals surface area contributed by atoms with Gasteiger partial charge >= 0.3 is 0 Å². The Kier molecular flexibility index (Phi) is 5.31. The van der Waals surface area contributed by atoms with Gasteiger partial charge in [0.1, 0.15) is 19.3 Å². The van der Waals surface area contributed by atoms with Crippen molar-refractivity contribution in [1.82, 2.24) is 0 Å². The van der Waals surface area contributed by atoms with E-state index in [1.54, 1.807) is 62.9 Å². The van der Waals surface area contributed by atoms with Crippen LogP contribution in [0, 0.1) is 0 Å². The molecule has 8 heteroatoms. The molecule has 0 aliphatic carbocycles. The Labute approximate surface area is 163 Å². The third kappa shape index (κ3) is 4.18. The van der Waals surface area contributed by atoms with Gasteiger partial charge < -0.3 is 14.2 Å². The topological polar surface area (TPSA) is 66.9 Å². The van der Waals surface area contributed by atoms with Crippen LogP contribution in [-0.4, -0.2) is 38.5 Å². The maximum atomic E-state index is 12.9. The van der Waals surface area contributed by atoms with Gasteiger partial charge in [-0.3, -0.25) is 14.5 Å². The van der Waals surface area contributed by atoms with Crippen molar-refractivity contribution in [2.75, 3.05) is 36.5 Å². The zero-order valence-electron chi connectivity index (χ0n) is 15.3. The van der Waals surface area contributed by atoms with E-state index in [-0.39, 0.29) is 24.5 Å². The smallest absolute Gasteiger partial charge is 0.241 e. The molecule has 2 aromatic rings. The van der Waals surface area contributed by atoms with Crippen molar-refractivity contribution in [1.29, 1.82) is 0 Å². The van der Waals surface area contributed by atoms with Crippen molar-refractivity contribution in [3.63, 3.8) is 0 Å². The number of rotatable bonds is 4. The molecule has 3 rings (SSSR count). The van der Waals surface area contributed by atoms with E-state index in [0.29, 0.717) is 27.8 Å². The fraction of sp³-hybridized carbons (Fsp3) is 0.263. The minimum atomic E-state index is -2.55. The van der Waals surface area contributed by atoms with Gasteiger partial charge in [-0.1, -0.05) is 11.6 Å². The third-order valence-electron chi connectivity index (χ3n) is 4.13. The van der Waals surface area contributed by atoms with Crippen LogP contribution < -0.4 is 14.5 Å². The van der Waals surface area contributed by atoms with Crippen molar-refractivity contribution >= 4 is 47.6 Å². The average molecular weight is 407 g/mol. The van der Waals surface area contributed by atoms with E-state index < -0.39 is 7.14 Å². The predicted octanol–water partition coefficient (Wildman–Crippen LogP) is 4.33. The number of carbonyl (C=O) groups excluding carboxylic acids is 2. The fourth-order valence-corrected chi connectivity index (χ4v) is 4.14. The highest BCUT2D eigenvalue weighted by atomic mass is 35.5. The SMILES string of the molecule is COc1ccc(N2C(=O)CC(=O)N(CP(C)(C)=O)c3ccc(Cl)cc32)cc1. The van der Waals surface area contributed by atoms with E-state index in [9.17, 15) is 14.2 Å². The first-order chi connectivity index (χ1) is 12.7. The Morgan fingerprint density at radius 3 is 2.30 bits per heavy atom. The summed E-state index contributed by atoms with van der Waals surface area (Å²) in [5, 5.41) is 0.436. The van der Waals surface area contributed by atoms with Gasteiger partial charge in [-0.15, -0.1) is 0 Å². The van der Waals surface area contributed by atoms with Crippen molar-refractivity contribution in [3.8, 4) is 5.75 Å². The molecule has 6 nitrogen and oxygen atoms in total. The quantitative estimate of drug-likeness (QED) is 0.560. The number of methoxy groups -OCH3 is 1. The van der Waals surface area contributed by atoms with E-state index >= 15 is 0 Å². The van der Waals surface area contributed by atoms with Gasteiger partial charge in [0.15, 0.2) is 0 Å². The second kappa shape index (κ2) is 7.37. The third-order valence-corrected chi connectivity index (χ3v) is 5.33. The van der Waals surface area contributed by atoms with E-state index in [4.69, 9.17) is 16.3 Å². The molecule has 0 unspecified atom stereocenters. The zero-order chi connectivity index (χ0) is 19.8. The Bertz CT molecular complexity index is 939. The molecule has 0 atom stereocenters. The maximum Gasteiger partial charge on any atom is 0.241 e. The normalized spacial score (nSPS) is 14.8. The number of anilines is 3. The summed E-state index contributed by atoms with van der Waals surface area (Å²) in [6.07, 6.45) is -0.261. The molecule has 0 saturated carbocycles. The second-order valence-electron chi connectivity index (χ2n) is 6.77. The highest BCUT2D eigenvalue weighted by Gasteiger charge is 2.34. The summed E-state index contributed by atoms with van der Waals surface area (Å²) in [7, 11) is -0.994. The summed E-state index contributed by atoms with van der Waals surface area (Å²) in [6.45, 7) is 3.23. The molecule has 142 valence electrons. The molecule has 1 aliphatic heterocycles. The highest BCUT2D eigenvalue weighted by Crippen LogP contribution is 2.44. The fourth-order valence-electron chi connectivity index (χ4n) is 2.99. The van der Waals surface area contributed by atoms with Gasteiger partial charge in [-0.25, -0.2) is 0 Å². The predicted molar refractivity (Wildman–Crippen MR) is 108 cm³/mol. The second-order valence-corrected chi connectivity index (χ2v) is 10.6. The van der Waals surface area contributed by atoms with Crippen LogP contribution in [-0.2, 0) is 14.2 Å². The average Bonchev–Trinajstić information content (AvgIpc) is 2.68. The standard InChI is InChI=1S/C19H20ClN2O4P/c1-26-15-7-5-14(6-8-15)22-17-10-13(20)4-9-16(17)21(12-27(2,3)25)18(23)11-19(22)24/h4-10H,11-12H2,1-3H3. The summed E-state index contributed by atoms with van der Waals surface area (Å²) >= 11 is 6.18. The van der Waals surface area contributed by atoms with Crippen LogP contribution in [0.5, 0.6) is 5.75 Å². The van der Waals surface area contributed by atoms with Crippen LogP contribution in [0.1, 0.15) is 6.42 Å². The van der Waals surface area contributed by atoms with Crippen LogP contribution in [0.2, 0.25) is 5.02 Å². The van der Waals surface area contributed by atoms with Crippen LogP contribution in [0.15, 0.2) is 42.5 Å². The molecule has 0 N–H and O–H groups in total. The maximum absolute atomic E-state index is 12.9. The molecule has 2 amide bonds. The Morgan fingerprint density at radius 1 is 1.04 bits per heavy atom. The van der Waals surface area contributed by atoms with E-state index in [1.807, 2.05) is 0 Å². The van der Waals surface area contributed by atoms with Gasteiger partial charge in [0, 0.05) is 10.7 Å². The lowest BCUT2D eigenvalue weighted by Gasteiger charge is -2.27. The Morgan fingerprint density at radius 2 is 1.70 bits per heavy atom. The number of nitrogens with zero attached hydrogens (tertiary/aromatic N) is 2. The van der Waals surface area contributed by atoms with Crippen molar-refractivity contribution in [2.45, 2.75) is 6.42 Å². The van der Waals surface area contributed by atoms with Crippen LogP contribution in [0.3, 0.4) is 0 Å². The summed E-state index contributed by atoms with van der Waals surface area (Å²) < 4.78 is 17.6. The van der Waals surface area contributed by atoms with Gasteiger partial charge in [-0.2, -0.15) is 0 Å². The molecule has 0 saturated heterocycles. The molecule has 0 radical (unpaired) electrons. The molecule has 1 aliphatic rings. The first kappa shape index (κ1) is 19.5. The largest absolute Gasteiger partial charge is 0.497 e. The number of hydrogen-bond donors (Lipinski definition) is 0. The van der Waals surface area contributed by atoms with Crippen molar-refractivity contribution in [3.05, 3.63) is 47.5 Å². The molecule has 0 fully saturated rings. The van der Waals surface area contributed by atoms with Crippen molar-refractivity contribution in [2.24, 2.45) is 0 Å². The van der Waals surface area contributed by atoms with Gasteiger partial charge in [0.05, 0.1) is 24.8 Å². The molecule has 2 aromatic carbocycles. The number of amides is 2. The summed E-state index contributed by atoms with van der Waals surface area (Å²) in [6, 6.07) is 11.9. The van der Waals surface area contributed by atoms with Gasteiger partial charge in [-0.05, 0) is 55.8 Å². The molecule has 27 heavy (non-hydrogen) atoms. The molecular formula is C19H20ClN2O4P. The van der Waals surface area contributed by atoms with Crippen molar-refractivity contribution < 1.29 is 18.9 Å². The summed E-state index contributed by atoms with van der Waals surface area (Å²) in [4.78, 5) is 28.5. The first-order valence-electron chi connectivity index (χ1n) is 8.30. The molecule has 1 heterocycles. The molecule has 0 bridgehead atoms. The number of hydrogen-bond acceptors (Lipinski definition) is 4. The van der Waals surface area contributed by atoms with Crippen LogP contribution >= 0.6 is 18.7 Å². The Balaban J connectivity index is 2.17. The van der Waals surface area contributed by atoms with Crippen LogP contribution in [0.25, 0.3) is 0 Å². The number of benzene rings is 2. The lowest BCUT2D eigenvalue weighted by atomic mass is 10.2. The van der Waals surface area contributed by atoms with Crippen LogP contribution in [0.4, 0.5) is 17.1 Å². The lowest BCUT2D eigenvalue weighted by molar-refractivity contribution is -0.125. The number of carbonyl (C=O) groups is 2. The molecule has 0 aromatic heterocycles. The monoisotopic (exact) mass is 406 g/mol. The van der Waals surface area contributed by atoms with Gasteiger partial charge in [0.25, 0.3) is 0 Å². The highest BCUT2D eigenvalue weighted by molar-refractivity contribution is 7.62. The summed E-state index contributed by atoms with van der Waals surface area (Å²) in [5.74, 6) is -0.107. The van der Waals surface area contributed by atoms with Gasteiger partial charge in [0.2, 0.25) is 11.8 Å². The molecule has 0 spiro atoms.